The highest BCUT2D eigenvalue weighted by atomic mass is 35.5. The first kappa shape index (κ1) is 15.7. The van der Waals surface area contributed by atoms with E-state index >= 15 is 0 Å². The first-order valence-electron chi connectivity index (χ1n) is 5.89. The lowest BCUT2D eigenvalue weighted by Crippen LogP contribution is -2.12. The number of nitrogens with one attached hydrogen (secondary N) is 1. The van der Waals surface area contributed by atoms with Gasteiger partial charge >= 0.3 is 0 Å². The predicted octanol–water partition coefficient (Wildman–Crippen LogP) is 4.84. The maximum Gasteiger partial charge on any atom is 0.257 e. The van der Waals surface area contributed by atoms with Crippen molar-refractivity contribution in [1.29, 1.82) is 5.26 Å². The van der Waals surface area contributed by atoms with Gasteiger partial charge in [0, 0.05) is 10.6 Å². The van der Waals surface area contributed by atoms with Crippen LogP contribution in [0, 0.1) is 11.3 Å². The van der Waals surface area contributed by atoms with Crippen molar-refractivity contribution in [3.05, 3.63) is 57.6 Å². The molecule has 0 aliphatic rings. The first-order valence-corrected chi connectivity index (χ1v) is 7.87. The molecule has 0 atom stereocenters. The van der Waals surface area contributed by atoms with Gasteiger partial charge in [-0.05, 0) is 42.7 Å². The van der Waals surface area contributed by atoms with Crippen LogP contribution < -0.4 is 5.32 Å². The summed E-state index contributed by atoms with van der Waals surface area (Å²) in [6.45, 7) is 0. The van der Waals surface area contributed by atoms with Crippen LogP contribution >= 0.6 is 35.0 Å². The molecular weight excluding hydrogens is 327 g/mol. The highest BCUT2D eigenvalue weighted by molar-refractivity contribution is 7.98. The van der Waals surface area contributed by atoms with Crippen LogP contribution in [0.3, 0.4) is 0 Å². The maximum absolute atomic E-state index is 12.3. The molecule has 106 valence electrons. The van der Waals surface area contributed by atoms with Gasteiger partial charge in [0.15, 0.2) is 0 Å². The minimum Gasteiger partial charge on any atom is -0.322 e. The van der Waals surface area contributed by atoms with Gasteiger partial charge in [0.25, 0.3) is 5.91 Å². The standard InChI is InChI=1S/C15H10Cl2N2OS/c1-21-11-4-5-13(16)12(7-11)15(20)19-10-3-2-9(8-18)14(17)6-10/h2-7H,1H3,(H,19,20). The quantitative estimate of drug-likeness (QED) is 0.816. The molecule has 3 nitrogen and oxygen atoms in total. The Kier molecular flexibility index (Phi) is 5.13. The lowest BCUT2D eigenvalue weighted by atomic mass is 10.2. The van der Waals surface area contributed by atoms with Gasteiger partial charge in [-0.1, -0.05) is 23.2 Å². The van der Waals surface area contributed by atoms with E-state index in [2.05, 4.69) is 5.32 Å². The number of nitrogens with zero attached hydrogens (tertiary/aromatic N) is 1. The summed E-state index contributed by atoms with van der Waals surface area (Å²) in [5.74, 6) is -0.323. The van der Waals surface area contributed by atoms with Crippen LogP contribution in [0.4, 0.5) is 5.69 Å². The molecule has 2 aromatic rings. The Morgan fingerprint density at radius 3 is 2.57 bits per heavy atom. The number of rotatable bonds is 3. The number of thioether (sulfide) groups is 1. The van der Waals surface area contributed by atoms with Crippen molar-refractivity contribution in [3.8, 4) is 6.07 Å². The molecule has 0 heterocycles. The minimum atomic E-state index is -0.323. The van der Waals surface area contributed by atoms with Crippen LogP contribution in [0.1, 0.15) is 15.9 Å². The van der Waals surface area contributed by atoms with Crippen LogP contribution in [0.5, 0.6) is 0 Å². The summed E-state index contributed by atoms with van der Waals surface area (Å²) in [7, 11) is 0. The normalized spacial score (nSPS) is 10.0. The molecule has 0 aliphatic carbocycles. The number of hydrogen-bond donors (Lipinski definition) is 1. The average Bonchev–Trinajstić information content (AvgIpc) is 2.48. The molecule has 0 aromatic heterocycles. The SMILES string of the molecule is CSc1ccc(Cl)c(C(=O)Nc2ccc(C#N)c(Cl)c2)c1. The van der Waals surface area contributed by atoms with E-state index in [9.17, 15) is 4.79 Å². The highest BCUT2D eigenvalue weighted by Gasteiger charge is 2.12. The fourth-order valence-electron chi connectivity index (χ4n) is 1.69. The van der Waals surface area contributed by atoms with E-state index in [1.54, 1.807) is 24.3 Å². The van der Waals surface area contributed by atoms with Gasteiger partial charge in [0.1, 0.15) is 6.07 Å². The van der Waals surface area contributed by atoms with E-state index in [-0.39, 0.29) is 5.91 Å². The summed E-state index contributed by atoms with van der Waals surface area (Å²) >= 11 is 13.5. The number of carbonyl (C=O) groups is 1. The Morgan fingerprint density at radius 1 is 1.19 bits per heavy atom. The Hall–Kier alpha value is -1.67. The summed E-state index contributed by atoms with van der Waals surface area (Å²) in [5, 5.41) is 12.2. The Bertz CT molecular complexity index is 741. The Labute approximate surface area is 136 Å². The molecule has 0 radical (unpaired) electrons. The molecule has 0 aliphatic heterocycles. The highest BCUT2D eigenvalue weighted by Crippen LogP contribution is 2.25. The summed E-state index contributed by atoms with van der Waals surface area (Å²) in [6.07, 6.45) is 1.92. The zero-order valence-corrected chi connectivity index (χ0v) is 13.3. The molecule has 21 heavy (non-hydrogen) atoms. The lowest BCUT2D eigenvalue weighted by Gasteiger charge is -2.09. The zero-order valence-electron chi connectivity index (χ0n) is 11.0. The minimum absolute atomic E-state index is 0.291. The fourth-order valence-corrected chi connectivity index (χ4v) is 2.55. The van der Waals surface area contributed by atoms with Gasteiger partial charge < -0.3 is 5.32 Å². The molecule has 6 heteroatoms. The zero-order chi connectivity index (χ0) is 15.4. The summed E-state index contributed by atoms with van der Waals surface area (Å²) in [6, 6.07) is 11.9. The molecule has 2 rings (SSSR count). The molecule has 1 N–H and O–H groups in total. The second-order valence-corrected chi connectivity index (χ2v) is 5.80. The lowest BCUT2D eigenvalue weighted by molar-refractivity contribution is 0.102. The molecule has 0 saturated heterocycles. The summed E-state index contributed by atoms with van der Waals surface area (Å²) in [4.78, 5) is 13.2. The van der Waals surface area contributed by atoms with Gasteiger partial charge in [-0.3, -0.25) is 4.79 Å². The Morgan fingerprint density at radius 2 is 1.95 bits per heavy atom. The van der Waals surface area contributed by atoms with Gasteiger partial charge in [0.05, 0.1) is 21.2 Å². The van der Waals surface area contributed by atoms with Gasteiger partial charge in [-0.15, -0.1) is 11.8 Å². The topological polar surface area (TPSA) is 52.9 Å². The Balaban J connectivity index is 2.26. The van der Waals surface area contributed by atoms with E-state index < -0.39 is 0 Å². The van der Waals surface area contributed by atoms with E-state index in [0.717, 1.165) is 4.90 Å². The maximum atomic E-state index is 12.3. The smallest absolute Gasteiger partial charge is 0.257 e. The average molecular weight is 337 g/mol. The summed E-state index contributed by atoms with van der Waals surface area (Å²) < 4.78 is 0. The van der Waals surface area contributed by atoms with Crippen LogP contribution in [0.25, 0.3) is 0 Å². The molecule has 2 aromatic carbocycles. The molecule has 0 fully saturated rings. The van der Waals surface area contributed by atoms with Gasteiger partial charge in [-0.25, -0.2) is 0 Å². The molecule has 0 saturated carbocycles. The number of nitriles is 1. The number of anilines is 1. The molecule has 1 amide bonds. The van der Waals surface area contributed by atoms with Crippen molar-refractivity contribution < 1.29 is 4.79 Å². The second-order valence-electron chi connectivity index (χ2n) is 4.11. The molecule has 0 unspecified atom stereocenters. The van der Waals surface area contributed by atoms with E-state index in [1.807, 2.05) is 18.4 Å². The van der Waals surface area contributed by atoms with Crippen LogP contribution in [-0.2, 0) is 0 Å². The number of benzene rings is 2. The number of halogens is 2. The first-order chi connectivity index (χ1) is 10.0. The third-order valence-corrected chi connectivity index (χ3v) is 4.13. The van der Waals surface area contributed by atoms with Crippen LogP contribution in [0.15, 0.2) is 41.3 Å². The van der Waals surface area contributed by atoms with Gasteiger partial charge in [0.2, 0.25) is 0 Å². The van der Waals surface area contributed by atoms with Crippen LogP contribution in [-0.4, -0.2) is 12.2 Å². The van der Waals surface area contributed by atoms with E-state index in [0.29, 0.717) is 26.9 Å². The largest absolute Gasteiger partial charge is 0.322 e. The molecular formula is C15H10Cl2N2OS. The van der Waals surface area contributed by atoms with E-state index in [1.165, 1.54) is 17.8 Å². The number of hydrogen-bond acceptors (Lipinski definition) is 3. The van der Waals surface area contributed by atoms with Crippen molar-refractivity contribution in [1.82, 2.24) is 0 Å². The molecule has 0 spiro atoms. The van der Waals surface area contributed by atoms with Crippen molar-refractivity contribution in [2.75, 3.05) is 11.6 Å². The third kappa shape index (κ3) is 3.70. The molecule has 0 bridgehead atoms. The van der Waals surface area contributed by atoms with Crippen molar-refractivity contribution in [2.45, 2.75) is 4.90 Å². The third-order valence-electron chi connectivity index (χ3n) is 2.77. The van der Waals surface area contributed by atoms with Gasteiger partial charge in [-0.2, -0.15) is 5.26 Å². The van der Waals surface area contributed by atoms with Crippen molar-refractivity contribution in [2.24, 2.45) is 0 Å². The number of carbonyl (C=O) groups excluding carboxylic acids is 1. The van der Waals surface area contributed by atoms with E-state index in [4.69, 9.17) is 28.5 Å². The number of amides is 1. The van der Waals surface area contributed by atoms with Crippen molar-refractivity contribution >= 4 is 46.6 Å². The fraction of sp³-hybridized carbons (Fsp3) is 0.0667. The van der Waals surface area contributed by atoms with Crippen LogP contribution in [0.2, 0.25) is 10.0 Å². The summed E-state index contributed by atoms with van der Waals surface area (Å²) in [5.41, 5.74) is 1.26. The predicted molar refractivity (Wildman–Crippen MR) is 87.4 cm³/mol. The monoisotopic (exact) mass is 336 g/mol. The van der Waals surface area contributed by atoms with Crippen molar-refractivity contribution in [3.63, 3.8) is 0 Å². The second kappa shape index (κ2) is 6.86.